The summed E-state index contributed by atoms with van der Waals surface area (Å²) in [5.74, 6) is 0. The van der Waals surface area contributed by atoms with E-state index in [0.717, 1.165) is 25.7 Å². The van der Waals surface area contributed by atoms with Crippen molar-refractivity contribution >= 4 is 22.4 Å². The lowest BCUT2D eigenvalue weighted by molar-refractivity contribution is 0.345. The minimum absolute atomic E-state index is 0. The molecule has 0 spiro atoms. The van der Waals surface area contributed by atoms with E-state index >= 15 is 0 Å². The van der Waals surface area contributed by atoms with Gasteiger partial charge in [-0.05, 0) is 44.2 Å². The smallest absolute Gasteiger partial charge is 0.242 e. The van der Waals surface area contributed by atoms with Gasteiger partial charge in [0.1, 0.15) is 11.0 Å². The average molecular weight is 342 g/mol. The molecule has 2 N–H and O–H groups in total. The maximum Gasteiger partial charge on any atom is 0.242 e. The fraction of sp³-hybridized carbons (Fsp3) is 0.533. The second-order valence-electron chi connectivity index (χ2n) is 5.99. The number of piperidine rings is 1. The van der Waals surface area contributed by atoms with Crippen LogP contribution in [0.3, 0.4) is 0 Å². The first kappa shape index (κ1) is 17.2. The quantitative estimate of drug-likeness (QED) is 0.879. The molecule has 7 heteroatoms. The minimum atomic E-state index is -3.64. The molecule has 0 aliphatic carbocycles. The zero-order valence-electron chi connectivity index (χ0n) is 12.4. The van der Waals surface area contributed by atoms with E-state index < -0.39 is 10.0 Å². The van der Waals surface area contributed by atoms with Gasteiger partial charge in [0.15, 0.2) is 0 Å². The molecular weight excluding hydrogens is 322 g/mol. The molecule has 3 rings (SSSR count). The van der Waals surface area contributed by atoms with E-state index in [0.29, 0.717) is 17.6 Å². The van der Waals surface area contributed by atoms with Crippen LogP contribution in [0.4, 0.5) is 0 Å². The summed E-state index contributed by atoms with van der Waals surface area (Å²) in [4.78, 5) is 0.0934. The third kappa shape index (κ3) is 3.28. The number of halogens is 1. The number of hydrogen-bond donors (Lipinski definition) is 2. The summed E-state index contributed by atoms with van der Waals surface area (Å²) in [6, 6.07) is 7.74. The summed E-state index contributed by atoms with van der Waals surface area (Å²) in [7, 11) is -3.64. The molecule has 1 aromatic carbocycles. The van der Waals surface area contributed by atoms with Gasteiger partial charge in [-0.2, -0.15) is 5.26 Å². The molecule has 5 nitrogen and oxygen atoms in total. The third-order valence-electron chi connectivity index (χ3n) is 4.43. The predicted octanol–water partition coefficient (Wildman–Crippen LogP) is 1.85. The fourth-order valence-corrected chi connectivity index (χ4v) is 4.94. The second-order valence-corrected chi connectivity index (χ2v) is 7.67. The number of nitriles is 1. The summed E-state index contributed by atoms with van der Waals surface area (Å²) in [6.07, 6.45) is 3.89. The Morgan fingerprint density at radius 1 is 1.27 bits per heavy atom. The highest BCUT2D eigenvalue weighted by Crippen LogP contribution is 2.28. The molecule has 0 saturated carbocycles. The number of nitrogens with zero attached hydrogens (tertiary/aromatic N) is 1. The van der Waals surface area contributed by atoms with Crippen LogP contribution in [0.2, 0.25) is 0 Å². The Morgan fingerprint density at radius 2 is 1.91 bits per heavy atom. The van der Waals surface area contributed by atoms with E-state index in [1.54, 1.807) is 19.1 Å². The van der Waals surface area contributed by atoms with Gasteiger partial charge in [0, 0.05) is 18.1 Å². The van der Waals surface area contributed by atoms with E-state index in [4.69, 9.17) is 0 Å². The monoisotopic (exact) mass is 341 g/mol. The van der Waals surface area contributed by atoms with Crippen LogP contribution in [-0.2, 0) is 10.0 Å². The largest absolute Gasteiger partial charge is 0.311 e. The maximum absolute atomic E-state index is 12.6. The van der Waals surface area contributed by atoms with Gasteiger partial charge in [-0.15, -0.1) is 12.4 Å². The van der Waals surface area contributed by atoms with Crippen molar-refractivity contribution in [2.75, 3.05) is 0 Å². The number of sulfonamides is 1. The molecule has 0 amide bonds. The molecule has 2 atom stereocenters. The lowest BCUT2D eigenvalue weighted by Crippen LogP contribution is -2.48. The minimum Gasteiger partial charge on any atom is -0.311 e. The second kappa shape index (κ2) is 6.55. The van der Waals surface area contributed by atoms with E-state index in [1.807, 2.05) is 6.07 Å². The van der Waals surface area contributed by atoms with Crippen LogP contribution in [0.1, 0.15) is 36.8 Å². The molecule has 2 unspecified atom stereocenters. The van der Waals surface area contributed by atoms with Crippen molar-refractivity contribution in [1.29, 1.82) is 5.26 Å². The molecule has 2 aliphatic heterocycles. The number of fused-ring (bicyclic) bond motifs is 2. The molecule has 2 aliphatic rings. The zero-order valence-corrected chi connectivity index (χ0v) is 14.0. The van der Waals surface area contributed by atoms with Crippen molar-refractivity contribution in [2.24, 2.45) is 0 Å². The standard InChI is InChI=1S/C15H19N3O2S.ClH/c1-10-3-2-4-15(14(10)9-16)21(19,20)18-13-7-11-5-6-12(8-13)17-11;/h2-4,11-13,17-18H,5-8H2,1H3;1H. The predicted molar refractivity (Wildman–Crippen MR) is 86.4 cm³/mol. The fourth-order valence-electron chi connectivity index (χ4n) is 3.44. The average Bonchev–Trinajstić information content (AvgIpc) is 2.77. The van der Waals surface area contributed by atoms with Gasteiger partial charge in [0.05, 0.1) is 5.56 Å². The van der Waals surface area contributed by atoms with Crippen molar-refractivity contribution in [1.82, 2.24) is 10.0 Å². The summed E-state index contributed by atoms with van der Waals surface area (Å²) in [6.45, 7) is 1.75. The highest BCUT2D eigenvalue weighted by molar-refractivity contribution is 7.89. The van der Waals surface area contributed by atoms with Crippen molar-refractivity contribution < 1.29 is 8.42 Å². The molecule has 1 aromatic rings. The van der Waals surface area contributed by atoms with E-state index in [9.17, 15) is 13.7 Å². The molecule has 2 fully saturated rings. The van der Waals surface area contributed by atoms with Crippen molar-refractivity contribution in [3.63, 3.8) is 0 Å². The first-order chi connectivity index (χ1) is 9.99. The summed E-state index contributed by atoms with van der Waals surface area (Å²) in [5.41, 5.74) is 0.924. The van der Waals surface area contributed by atoms with Gasteiger partial charge >= 0.3 is 0 Å². The first-order valence-electron chi connectivity index (χ1n) is 7.27. The summed E-state index contributed by atoms with van der Waals surface area (Å²) >= 11 is 0. The van der Waals surface area contributed by atoms with Crippen molar-refractivity contribution in [3.05, 3.63) is 29.3 Å². The van der Waals surface area contributed by atoms with E-state index in [1.165, 1.54) is 6.07 Å². The Kier molecular flexibility index (Phi) is 5.13. The molecule has 120 valence electrons. The van der Waals surface area contributed by atoms with E-state index in [-0.39, 0.29) is 28.9 Å². The third-order valence-corrected chi connectivity index (χ3v) is 5.99. The van der Waals surface area contributed by atoms with Crippen LogP contribution in [0.25, 0.3) is 0 Å². The van der Waals surface area contributed by atoms with Crippen LogP contribution in [0.15, 0.2) is 23.1 Å². The number of aryl methyl sites for hydroxylation is 1. The SMILES string of the molecule is Cc1cccc(S(=O)(=O)NC2CC3CCC(C2)N3)c1C#N.Cl. The molecule has 2 heterocycles. The number of hydrogen-bond acceptors (Lipinski definition) is 4. The van der Waals surface area contributed by atoms with Crippen LogP contribution in [0, 0.1) is 18.3 Å². The zero-order chi connectivity index (χ0) is 15.0. The van der Waals surface area contributed by atoms with Gasteiger partial charge in [-0.1, -0.05) is 12.1 Å². The summed E-state index contributed by atoms with van der Waals surface area (Å²) < 4.78 is 28.0. The Morgan fingerprint density at radius 3 is 2.50 bits per heavy atom. The van der Waals surface area contributed by atoms with E-state index in [2.05, 4.69) is 10.0 Å². The highest BCUT2D eigenvalue weighted by Gasteiger charge is 2.35. The molecule has 2 saturated heterocycles. The molecule has 2 bridgehead atoms. The molecular formula is C15H20ClN3O2S. The molecule has 0 aromatic heterocycles. The van der Waals surface area contributed by atoms with Crippen molar-refractivity contribution in [3.8, 4) is 6.07 Å². The van der Waals surface area contributed by atoms with Crippen LogP contribution in [0.5, 0.6) is 0 Å². The van der Waals surface area contributed by atoms with Gasteiger partial charge in [-0.3, -0.25) is 0 Å². The normalized spacial score (nSPS) is 27.0. The van der Waals surface area contributed by atoms with Gasteiger partial charge in [-0.25, -0.2) is 13.1 Å². The maximum atomic E-state index is 12.6. The highest BCUT2D eigenvalue weighted by atomic mass is 35.5. The molecule has 0 radical (unpaired) electrons. The number of rotatable bonds is 3. The number of benzene rings is 1. The topological polar surface area (TPSA) is 82.0 Å². The Balaban J connectivity index is 0.00000176. The lowest BCUT2D eigenvalue weighted by atomic mass is 10.0. The number of nitrogens with one attached hydrogen (secondary N) is 2. The van der Waals surface area contributed by atoms with Crippen LogP contribution in [-0.4, -0.2) is 26.5 Å². The Hall–Kier alpha value is -1.13. The lowest BCUT2D eigenvalue weighted by Gasteiger charge is -2.29. The molecule has 22 heavy (non-hydrogen) atoms. The van der Waals surface area contributed by atoms with Gasteiger partial charge < -0.3 is 5.32 Å². The van der Waals surface area contributed by atoms with Gasteiger partial charge in [0.25, 0.3) is 0 Å². The van der Waals surface area contributed by atoms with Crippen molar-refractivity contribution in [2.45, 2.75) is 55.6 Å². The summed E-state index contributed by atoms with van der Waals surface area (Å²) in [5, 5.41) is 12.7. The first-order valence-corrected chi connectivity index (χ1v) is 8.76. The van der Waals surface area contributed by atoms with Crippen LogP contribution >= 0.6 is 12.4 Å². The van der Waals surface area contributed by atoms with Crippen LogP contribution < -0.4 is 10.0 Å². The van der Waals surface area contributed by atoms with Gasteiger partial charge in [0.2, 0.25) is 10.0 Å². The Bertz CT molecular complexity index is 687. The Labute approximate surface area is 137 Å².